The lowest BCUT2D eigenvalue weighted by Gasteiger charge is -2.18. The third-order valence-electron chi connectivity index (χ3n) is 5.40. The molecule has 2 aromatic rings. The van der Waals surface area contributed by atoms with Gasteiger partial charge in [0, 0.05) is 17.7 Å². The second-order valence-corrected chi connectivity index (χ2v) is 9.64. The zero-order valence-corrected chi connectivity index (χ0v) is 18.9. The van der Waals surface area contributed by atoms with Crippen LogP contribution in [0.3, 0.4) is 0 Å². The Morgan fingerprint density at radius 3 is 2.17 bits per heavy atom. The van der Waals surface area contributed by atoms with Crippen LogP contribution in [0.2, 0.25) is 0 Å². The van der Waals surface area contributed by atoms with E-state index in [-0.39, 0.29) is 39.7 Å². The summed E-state index contributed by atoms with van der Waals surface area (Å²) in [6.07, 6.45) is -3.90. The SMILES string of the molecule is CC1=C(CC(=O)O)C2=C(S(=O)(=O)c3ccc(Oc4ccc(C(F)(F)F)cc4)cc3)C(F)=CCC2=N1. The van der Waals surface area contributed by atoms with Gasteiger partial charge in [0.05, 0.1) is 22.6 Å². The lowest BCUT2D eigenvalue weighted by Crippen LogP contribution is -2.17. The maximum atomic E-state index is 14.9. The molecule has 182 valence electrons. The molecule has 0 atom stereocenters. The van der Waals surface area contributed by atoms with E-state index in [0.29, 0.717) is 5.70 Å². The van der Waals surface area contributed by atoms with E-state index in [9.17, 15) is 35.9 Å². The third kappa shape index (κ3) is 4.76. The van der Waals surface area contributed by atoms with Gasteiger partial charge in [0.1, 0.15) is 22.2 Å². The van der Waals surface area contributed by atoms with Crippen molar-refractivity contribution in [3.63, 3.8) is 0 Å². The normalized spacial score (nSPS) is 16.1. The van der Waals surface area contributed by atoms with E-state index >= 15 is 0 Å². The number of benzene rings is 2. The molecule has 0 radical (unpaired) electrons. The van der Waals surface area contributed by atoms with Crippen molar-refractivity contribution in [3.8, 4) is 11.5 Å². The molecular weight excluding hydrogens is 490 g/mol. The Morgan fingerprint density at radius 1 is 1.06 bits per heavy atom. The summed E-state index contributed by atoms with van der Waals surface area (Å²) in [6, 6.07) is 8.86. The first kappa shape index (κ1) is 24.4. The first-order chi connectivity index (χ1) is 16.4. The largest absolute Gasteiger partial charge is 0.481 e. The van der Waals surface area contributed by atoms with Crippen LogP contribution in [0.4, 0.5) is 17.6 Å². The summed E-state index contributed by atoms with van der Waals surface area (Å²) in [6.45, 7) is 1.53. The molecule has 2 aromatic carbocycles. The number of nitrogens with zero attached hydrogens (tertiary/aromatic N) is 1. The second kappa shape index (κ2) is 8.81. The van der Waals surface area contributed by atoms with Crippen LogP contribution in [0.25, 0.3) is 0 Å². The lowest BCUT2D eigenvalue weighted by atomic mass is 9.94. The number of ether oxygens (including phenoxy) is 1. The predicted octanol–water partition coefficient (Wildman–Crippen LogP) is 5.99. The number of hydrogen-bond acceptors (Lipinski definition) is 5. The number of fused-ring (bicyclic) bond motifs is 1. The van der Waals surface area contributed by atoms with Crippen molar-refractivity contribution in [2.45, 2.75) is 30.8 Å². The highest BCUT2D eigenvalue weighted by Crippen LogP contribution is 2.42. The van der Waals surface area contributed by atoms with E-state index in [4.69, 9.17) is 4.74 Å². The number of aliphatic imine (C=N–C) groups is 1. The number of carboxylic acid groups (broad SMARTS) is 1. The number of carboxylic acids is 1. The van der Waals surface area contributed by atoms with Gasteiger partial charge in [-0.1, -0.05) is 0 Å². The average molecular weight is 507 g/mol. The third-order valence-corrected chi connectivity index (χ3v) is 7.23. The van der Waals surface area contributed by atoms with Crippen LogP contribution in [-0.2, 0) is 20.8 Å². The van der Waals surface area contributed by atoms with Gasteiger partial charge in [-0.05, 0) is 67.1 Å². The molecule has 0 amide bonds. The Bertz CT molecular complexity index is 1430. The zero-order valence-electron chi connectivity index (χ0n) is 18.1. The Kier molecular flexibility index (Phi) is 6.14. The highest BCUT2D eigenvalue weighted by Gasteiger charge is 2.37. The van der Waals surface area contributed by atoms with Gasteiger partial charge < -0.3 is 9.84 Å². The van der Waals surface area contributed by atoms with E-state index in [1.165, 1.54) is 31.2 Å². The Hall–Kier alpha value is -3.73. The van der Waals surface area contributed by atoms with E-state index in [1.54, 1.807) is 0 Å². The Labute approximate surface area is 197 Å². The first-order valence-electron chi connectivity index (χ1n) is 10.2. The molecule has 4 rings (SSSR count). The summed E-state index contributed by atoms with van der Waals surface area (Å²) in [5.74, 6) is -1.96. The van der Waals surface area contributed by atoms with Gasteiger partial charge in [-0.2, -0.15) is 13.2 Å². The zero-order chi connectivity index (χ0) is 25.5. The van der Waals surface area contributed by atoms with Crippen LogP contribution in [0.5, 0.6) is 11.5 Å². The molecule has 0 unspecified atom stereocenters. The van der Waals surface area contributed by atoms with Crippen LogP contribution < -0.4 is 4.74 Å². The minimum absolute atomic E-state index is 0.0283. The Morgan fingerprint density at radius 2 is 1.63 bits per heavy atom. The van der Waals surface area contributed by atoms with E-state index in [0.717, 1.165) is 30.3 Å². The van der Waals surface area contributed by atoms with Gasteiger partial charge in [-0.25, -0.2) is 12.8 Å². The number of hydrogen-bond donors (Lipinski definition) is 1. The van der Waals surface area contributed by atoms with Crippen molar-refractivity contribution in [3.05, 3.63) is 87.7 Å². The van der Waals surface area contributed by atoms with Crippen LogP contribution in [0.1, 0.15) is 25.3 Å². The monoisotopic (exact) mass is 507 g/mol. The van der Waals surface area contributed by atoms with E-state index in [1.807, 2.05) is 0 Å². The smallest absolute Gasteiger partial charge is 0.416 e. The molecule has 6 nitrogen and oxygen atoms in total. The molecule has 35 heavy (non-hydrogen) atoms. The molecule has 2 aliphatic rings. The van der Waals surface area contributed by atoms with Gasteiger partial charge in [-0.3, -0.25) is 9.79 Å². The number of allylic oxidation sites excluding steroid dienone is 4. The summed E-state index contributed by atoms with van der Waals surface area (Å²) in [5, 5.41) is 9.23. The minimum Gasteiger partial charge on any atom is -0.481 e. The number of alkyl halides is 3. The lowest BCUT2D eigenvalue weighted by molar-refractivity contribution is -0.138. The van der Waals surface area contributed by atoms with Gasteiger partial charge >= 0.3 is 12.1 Å². The Balaban J connectivity index is 1.66. The molecule has 0 saturated carbocycles. The van der Waals surface area contributed by atoms with Crippen molar-refractivity contribution in [2.24, 2.45) is 4.99 Å². The molecule has 0 spiro atoms. The van der Waals surface area contributed by atoms with Crippen molar-refractivity contribution in [1.29, 1.82) is 0 Å². The fourth-order valence-corrected chi connectivity index (χ4v) is 5.36. The number of carbonyl (C=O) groups is 1. The number of aliphatic carboxylic acids is 1. The highest BCUT2D eigenvalue weighted by molar-refractivity contribution is 7.95. The molecule has 1 heterocycles. The molecular formula is C24H17F4NO5S. The van der Waals surface area contributed by atoms with E-state index < -0.39 is 44.7 Å². The average Bonchev–Trinajstić information content (AvgIpc) is 3.08. The quantitative estimate of drug-likeness (QED) is 0.485. The molecule has 1 aliphatic heterocycles. The predicted molar refractivity (Wildman–Crippen MR) is 118 cm³/mol. The van der Waals surface area contributed by atoms with Crippen LogP contribution in [-0.4, -0.2) is 25.2 Å². The topological polar surface area (TPSA) is 93.0 Å². The molecule has 0 bridgehead atoms. The molecule has 1 N–H and O–H groups in total. The van der Waals surface area contributed by atoms with Gasteiger partial charge in [0.25, 0.3) is 0 Å². The summed E-state index contributed by atoms with van der Waals surface area (Å²) in [4.78, 5) is 14.6. The van der Waals surface area contributed by atoms with Crippen molar-refractivity contribution in [2.75, 3.05) is 0 Å². The maximum absolute atomic E-state index is 14.9. The standard InChI is InChI=1S/C24H17F4NO5S/c1-13-18(12-21(30)31)22-20(29-13)11-10-19(25)23(22)35(32,33)17-8-6-16(7-9-17)34-15-4-2-14(3-5-15)24(26,27)28/h2-10H,11-12H2,1H3,(H,30,31). The van der Waals surface area contributed by atoms with Gasteiger partial charge in [-0.15, -0.1) is 0 Å². The molecule has 1 aliphatic carbocycles. The van der Waals surface area contributed by atoms with Crippen LogP contribution in [0.15, 0.2) is 92.1 Å². The van der Waals surface area contributed by atoms with Crippen LogP contribution >= 0.6 is 0 Å². The fourth-order valence-electron chi connectivity index (χ4n) is 3.78. The summed E-state index contributed by atoms with van der Waals surface area (Å²) >= 11 is 0. The summed E-state index contributed by atoms with van der Waals surface area (Å²) in [7, 11) is -4.42. The second-order valence-electron chi connectivity index (χ2n) is 7.75. The minimum atomic E-state index is -4.49. The van der Waals surface area contributed by atoms with Gasteiger partial charge in [0.15, 0.2) is 0 Å². The highest BCUT2D eigenvalue weighted by atomic mass is 32.2. The first-order valence-corrected chi connectivity index (χ1v) is 11.7. The van der Waals surface area contributed by atoms with E-state index in [2.05, 4.69) is 4.99 Å². The summed E-state index contributed by atoms with van der Waals surface area (Å²) in [5.41, 5.74) is -0.147. The van der Waals surface area contributed by atoms with Crippen molar-refractivity contribution < 1.29 is 40.6 Å². The molecule has 0 fully saturated rings. The fraction of sp³-hybridized carbons (Fsp3) is 0.167. The maximum Gasteiger partial charge on any atom is 0.416 e. The number of sulfone groups is 1. The van der Waals surface area contributed by atoms with Crippen molar-refractivity contribution >= 4 is 21.5 Å². The van der Waals surface area contributed by atoms with Crippen LogP contribution in [0, 0.1) is 0 Å². The summed E-state index contributed by atoms with van der Waals surface area (Å²) < 4.78 is 85.2. The van der Waals surface area contributed by atoms with Gasteiger partial charge in [0.2, 0.25) is 9.84 Å². The van der Waals surface area contributed by atoms with Crippen molar-refractivity contribution in [1.82, 2.24) is 0 Å². The number of halogens is 4. The number of rotatable bonds is 6. The molecule has 11 heteroatoms. The molecule has 0 saturated heterocycles. The molecule has 0 aromatic heterocycles.